The molecule has 1 saturated heterocycles. The van der Waals surface area contributed by atoms with Gasteiger partial charge in [0.2, 0.25) is 0 Å². The van der Waals surface area contributed by atoms with Gasteiger partial charge < -0.3 is 9.84 Å². The first-order valence-electron chi connectivity index (χ1n) is 9.75. The Hall–Kier alpha value is -1.09. The molecule has 7 atom stereocenters. The molecule has 0 aromatic carbocycles. The van der Waals surface area contributed by atoms with Crippen molar-refractivity contribution in [1.29, 1.82) is 0 Å². The molecule has 2 aliphatic carbocycles. The molecule has 0 aromatic rings. The van der Waals surface area contributed by atoms with Crippen LogP contribution < -0.4 is 0 Å². The molecule has 3 heteroatoms. The van der Waals surface area contributed by atoms with Gasteiger partial charge in [0.1, 0.15) is 6.10 Å². The molecule has 1 aliphatic heterocycles. The number of fused-ring (bicyclic) bond motifs is 1. The zero-order valence-corrected chi connectivity index (χ0v) is 15.3. The van der Waals surface area contributed by atoms with E-state index in [-0.39, 0.29) is 18.5 Å². The van der Waals surface area contributed by atoms with Gasteiger partial charge in [-0.05, 0) is 54.4 Å². The third-order valence-electron chi connectivity index (χ3n) is 6.35. The Labute approximate surface area is 146 Å². The molecular weight excluding hydrogens is 300 g/mol. The number of carbonyl (C=O) groups is 1. The van der Waals surface area contributed by atoms with Crippen LogP contribution in [-0.4, -0.2) is 23.3 Å². The minimum Gasteiger partial charge on any atom is -0.462 e. The van der Waals surface area contributed by atoms with Gasteiger partial charge in [0, 0.05) is 6.42 Å². The lowest BCUT2D eigenvalue weighted by molar-refractivity contribution is -0.160. The Balaban J connectivity index is 1.70. The summed E-state index contributed by atoms with van der Waals surface area (Å²) in [5.41, 5.74) is 1.53. The van der Waals surface area contributed by atoms with Gasteiger partial charge in [-0.2, -0.15) is 0 Å². The lowest BCUT2D eigenvalue weighted by Crippen LogP contribution is -2.37. The summed E-state index contributed by atoms with van der Waals surface area (Å²) in [4.78, 5) is 11.6. The summed E-state index contributed by atoms with van der Waals surface area (Å²) in [7, 11) is 0. The van der Waals surface area contributed by atoms with Gasteiger partial charge in [0.25, 0.3) is 0 Å². The van der Waals surface area contributed by atoms with Crippen molar-refractivity contribution in [1.82, 2.24) is 0 Å². The van der Waals surface area contributed by atoms with Crippen LogP contribution in [0.15, 0.2) is 23.8 Å². The number of rotatable bonds is 4. The molecule has 0 saturated carbocycles. The molecule has 3 aliphatic rings. The normalized spacial score (nSPS) is 42.2. The van der Waals surface area contributed by atoms with Crippen molar-refractivity contribution in [3.8, 4) is 0 Å². The lowest BCUT2D eigenvalue weighted by Gasteiger charge is -2.44. The van der Waals surface area contributed by atoms with E-state index in [1.165, 1.54) is 18.4 Å². The molecule has 0 unspecified atom stereocenters. The molecule has 3 nitrogen and oxygen atoms in total. The van der Waals surface area contributed by atoms with Crippen molar-refractivity contribution in [3.05, 3.63) is 23.8 Å². The monoisotopic (exact) mass is 332 g/mol. The van der Waals surface area contributed by atoms with E-state index in [4.69, 9.17) is 4.74 Å². The van der Waals surface area contributed by atoms with E-state index in [0.717, 1.165) is 18.8 Å². The topological polar surface area (TPSA) is 46.5 Å². The predicted octanol–water partition coefficient (Wildman–Crippen LogP) is 4.26. The number of aliphatic hydroxyl groups excluding tert-OH is 1. The van der Waals surface area contributed by atoms with Gasteiger partial charge >= 0.3 is 5.97 Å². The molecule has 0 bridgehead atoms. The first-order valence-corrected chi connectivity index (χ1v) is 9.75. The Kier molecular flexibility index (Phi) is 5.49. The molecule has 1 N–H and O–H groups in total. The second kappa shape index (κ2) is 7.43. The van der Waals surface area contributed by atoms with Gasteiger partial charge in [0.05, 0.1) is 12.5 Å². The van der Waals surface area contributed by atoms with Crippen molar-refractivity contribution in [2.45, 2.75) is 71.5 Å². The Morgan fingerprint density at radius 3 is 2.75 bits per heavy atom. The maximum atomic E-state index is 11.6. The maximum Gasteiger partial charge on any atom is 0.308 e. The predicted molar refractivity (Wildman–Crippen MR) is 95.3 cm³/mol. The Morgan fingerprint density at radius 1 is 1.25 bits per heavy atom. The molecule has 24 heavy (non-hydrogen) atoms. The van der Waals surface area contributed by atoms with Crippen LogP contribution in [0.4, 0.5) is 0 Å². The van der Waals surface area contributed by atoms with E-state index < -0.39 is 6.10 Å². The van der Waals surface area contributed by atoms with Crippen LogP contribution in [0, 0.1) is 29.6 Å². The van der Waals surface area contributed by atoms with E-state index in [1.807, 2.05) is 0 Å². The van der Waals surface area contributed by atoms with E-state index in [2.05, 4.69) is 39.0 Å². The molecule has 0 radical (unpaired) electrons. The van der Waals surface area contributed by atoms with Crippen molar-refractivity contribution >= 4 is 5.97 Å². The number of hydrogen-bond donors (Lipinski definition) is 1. The largest absolute Gasteiger partial charge is 0.462 e. The van der Waals surface area contributed by atoms with Crippen molar-refractivity contribution in [2.24, 2.45) is 29.6 Å². The first kappa shape index (κ1) is 17.7. The number of esters is 1. The number of hydrogen-bond acceptors (Lipinski definition) is 3. The zero-order chi connectivity index (χ0) is 17.3. The quantitative estimate of drug-likeness (QED) is 0.782. The second-order valence-electron chi connectivity index (χ2n) is 8.24. The molecule has 0 amide bonds. The average molecular weight is 332 g/mol. The first-order chi connectivity index (χ1) is 11.5. The second-order valence-corrected chi connectivity index (χ2v) is 8.24. The van der Waals surface area contributed by atoms with Crippen LogP contribution in [0.5, 0.6) is 0 Å². The van der Waals surface area contributed by atoms with E-state index >= 15 is 0 Å². The van der Waals surface area contributed by atoms with E-state index in [0.29, 0.717) is 30.1 Å². The van der Waals surface area contributed by atoms with Crippen LogP contribution in [0.1, 0.15) is 59.3 Å². The Bertz CT molecular complexity index is 521. The van der Waals surface area contributed by atoms with Crippen molar-refractivity contribution in [2.75, 3.05) is 0 Å². The standard InChI is InChI=1S/C21H32O3/c1-4-15-9-13(2)10-16-6-5-14(3)19(21(15)16)8-7-18-11-17(22)12-20(23)24-18/h5-6,10,13-15,17-19,21-22H,4,7-9,11-12H2,1-3H3/t13-,14+,15+,17-,18-,19+,21+/m1/s1. The molecule has 0 spiro atoms. The lowest BCUT2D eigenvalue weighted by atomic mass is 9.61. The highest BCUT2D eigenvalue weighted by atomic mass is 16.5. The number of aliphatic hydroxyl groups is 1. The fourth-order valence-electron chi connectivity index (χ4n) is 5.18. The van der Waals surface area contributed by atoms with E-state index in [1.54, 1.807) is 0 Å². The van der Waals surface area contributed by atoms with Gasteiger partial charge in [-0.3, -0.25) is 4.79 Å². The molecule has 0 aromatic heterocycles. The summed E-state index contributed by atoms with van der Waals surface area (Å²) in [6.07, 6.45) is 11.8. The number of allylic oxidation sites excluding steroid dienone is 4. The minimum atomic E-state index is -0.519. The zero-order valence-electron chi connectivity index (χ0n) is 15.3. The van der Waals surface area contributed by atoms with Crippen molar-refractivity contribution in [3.63, 3.8) is 0 Å². The fourth-order valence-corrected chi connectivity index (χ4v) is 5.18. The van der Waals surface area contributed by atoms with Gasteiger partial charge in [-0.1, -0.05) is 45.4 Å². The highest BCUT2D eigenvalue weighted by Gasteiger charge is 2.39. The van der Waals surface area contributed by atoms with Crippen LogP contribution >= 0.6 is 0 Å². The van der Waals surface area contributed by atoms with Crippen LogP contribution in [-0.2, 0) is 9.53 Å². The number of cyclic esters (lactones) is 1. The summed E-state index contributed by atoms with van der Waals surface area (Å²) >= 11 is 0. The highest BCUT2D eigenvalue weighted by Crippen LogP contribution is 2.47. The smallest absolute Gasteiger partial charge is 0.308 e. The van der Waals surface area contributed by atoms with E-state index in [9.17, 15) is 9.90 Å². The van der Waals surface area contributed by atoms with Crippen LogP contribution in [0.3, 0.4) is 0 Å². The Morgan fingerprint density at radius 2 is 2.04 bits per heavy atom. The van der Waals surface area contributed by atoms with Crippen LogP contribution in [0.25, 0.3) is 0 Å². The minimum absolute atomic E-state index is 0.102. The van der Waals surface area contributed by atoms with Crippen molar-refractivity contribution < 1.29 is 14.6 Å². The summed E-state index contributed by atoms with van der Waals surface area (Å²) in [5, 5.41) is 9.81. The SMILES string of the molecule is CC[C@H]1C[C@@H](C)C=C2C=C[C@H](C)[C@H](CC[C@@H]3C[C@@H](O)CC(=O)O3)[C@H]21. The molecule has 1 heterocycles. The average Bonchev–Trinajstić information content (AvgIpc) is 2.52. The van der Waals surface area contributed by atoms with Gasteiger partial charge in [0.15, 0.2) is 0 Å². The fraction of sp³-hybridized carbons (Fsp3) is 0.762. The van der Waals surface area contributed by atoms with Crippen LogP contribution in [0.2, 0.25) is 0 Å². The maximum absolute atomic E-state index is 11.6. The molecule has 3 rings (SSSR count). The third-order valence-corrected chi connectivity index (χ3v) is 6.35. The number of ether oxygens (including phenoxy) is 1. The summed E-state index contributed by atoms with van der Waals surface area (Å²) < 4.78 is 5.46. The summed E-state index contributed by atoms with van der Waals surface area (Å²) in [6, 6.07) is 0. The third kappa shape index (κ3) is 3.77. The van der Waals surface area contributed by atoms with Gasteiger partial charge in [-0.25, -0.2) is 0 Å². The summed E-state index contributed by atoms with van der Waals surface area (Å²) in [5.74, 6) is 3.03. The van der Waals surface area contributed by atoms with Gasteiger partial charge in [-0.15, -0.1) is 0 Å². The number of carbonyl (C=O) groups excluding carboxylic acids is 1. The molecule has 134 valence electrons. The molecule has 1 fully saturated rings. The summed E-state index contributed by atoms with van der Waals surface area (Å²) in [6.45, 7) is 6.97. The molecular formula is C21H32O3. The highest BCUT2D eigenvalue weighted by molar-refractivity contribution is 5.70.